The highest BCUT2D eigenvalue weighted by molar-refractivity contribution is 5.73. The van der Waals surface area contributed by atoms with Gasteiger partial charge in [0.1, 0.15) is 25.1 Å². The predicted octanol–water partition coefficient (Wildman–Crippen LogP) is 7.55. The van der Waals surface area contributed by atoms with E-state index in [-0.39, 0.29) is 0 Å². The quantitative estimate of drug-likeness (QED) is 0.311. The number of hydrogen-bond acceptors (Lipinski definition) is 3. The van der Waals surface area contributed by atoms with Crippen molar-refractivity contribution in [3.63, 3.8) is 0 Å². The lowest BCUT2D eigenvalue weighted by Crippen LogP contribution is -2.24. The monoisotopic (exact) mass is 497 g/mol. The summed E-state index contributed by atoms with van der Waals surface area (Å²) in [4.78, 5) is 19.1. The summed E-state index contributed by atoms with van der Waals surface area (Å²) in [5.74, 6) is 0.315. The summed E-state index contributed by atoms with van der Waals surface area (Å²) in [6, 6.07) is 2.84. The number of rotatable bonds is 5. The van der Waals surface area contributed by atoms with Gasteiger partial charge in [0.05, 0.1) is 5.56 Å². The van der Waals surface area contributed by atoms with Crippen molar-refractivity contribution in [1.82, 2.24) is 0 Å². The summed E-state index contributed by atoms with van der Waals surface area (Å²) < 4.78 is 86.0. The maximum absolute atomic E-state index is 13.2. The summed E-state index contributed by atoms with van der Waals surface area (Å²) in [7, 11) is 0. The van der Waals surface area contributed by atoms with Crippen LogP contribution in [0.2, 0.25) is 0 Å². The lowest BCUT2D eigenvalue weighted by Gasteiger charge is -2.35. The van der Waals surface area contributed by atoms with Crippen molar-refractivity contribution in [1.29, 1.82) is 0 Å². The highest BCUT2D eigenvalue weighted by Gasteiger charge is 2.33. The third-order valence-corrected chi connectivity index (χ3v) is 4.69. The Balaban J connectivity index is 0. The molecular weight excluding hydrogens is 467 g/mol. The zero-order valence-electron chi connectivity index (χ0n) is 19.4. The molecule has 0 radical (unpaired) electrons. The zero-order chi connectivity index (χ0) is 27.1. The minimum atomic E-state index is -4.47. The van der Waals surface area contributed by atoms with Gasteiger partial charge in [0, 0.05) is 6.21 Å². The van der Waals surface area contributed by atoms with E-state index in [0.717, 1.165) is 37.1 Å². The Labute approximate surface area is 195 Å². The summed E-state index contributed by atoms with van der Waals surface area (Å²) in [5, 5.41) is 0. The maximum atomic E-state index is 13.2. The van der Waals surface area contributed by atoms with Crippen LogP contribution in [0.4, 0.5) is 30.7 Å². The molecule has 34 heavy (non-hydrogen) atoms. The van der Waals surface area contributed by atoms with Crippen LogP contribution in [0, 0.1) is 17.7 Å². The fourth-order valence-electron chi connectivity index (χ4n) is 2.99. The highest BCUT2D eigenvalue weighted by atomic mass is 19.4. The van der Waals surface area contributed by atoms with Gasteiger partial charge in [-0.3, -0.25) is 4.99 Å². The van der Waals surface area contributed by atoms with Crippen LogP contribution in [0.3, 0.4) is 0 Å². The Morgan fingerprint density at radius 2 is 1.53 bits per heavy atom. The number of nitrogens with zero attached hydrogens (tertiary/aromatic N) is 1. The first-order valence-corrected chi connectivity index (χ1v) is 10.1. The second kappa shape index (κ2) is 16.0. The Morgan fingerprint density at radius 3 is 1.94 bits per heavy atom. The summed E-state index contributed by atoms with van der Waals surface area (Å²) >= 11 is 0. The molecule has 1 saturated carbocycles. The molecule has 192 valence electrons. The molecule has 0 atom stereocenters. The van der Waals surface area contributed by atoms with Gasteiger partial charge < -0.3 is 9.59 Å². The summed E-state index contributed by atoms with van der Waals surface area (Å²) in [6.07, 6.45) is -2.55. The minimum absolute atomic E-state index is 0.415. The van der Waals surface area contributed by atoms with Gasteiger partial charge in [0.25, 0.3) is 0 Å². The minimum Gasteiger partial charge on any atom is -0.307 e. The van der Waals surface area contributed by atoms with Gasteiger partial charge in [-0.15, -0.1) is 0 Å². The average molecular weight is 497 g/mol. The molecule has 2 rings (SSSR count). The van der Waals surface area contributed by atoms with Crippen LogP contribution in [-0.4, -0.2) is 26.0 Å². The van der Waals surface area contributed by atoms with Crippen LogP contribution >= 0.6 is 0 Å². The van der Waals surface area contributed by atoms with E-state index >= 15 is 0 Å². The Bertz CT molecular complexity index is 803. The van der Waals surface area contributed by atoms with Gasteiger partial charge in [0.2, 0.25) is 0 Å². The number of alkyl halides is 6. The van der Waals surface area contributed by atoms with Crippen molar-refractivity contribution in [2.75, 3.05) is 0 Å². The summed E-state index contributed by atoms with van der Waals surface area (Å²) in [5.41, 5.74) is -0.625. The first-order valence-electron chi connectivity index (χ1n) is 10.1. The second-order valence-electron chi connectivity index (χ2n) is 7.63. The third-order valence-electron chi connectivity index (χ3n) is 4.69. The molecule has 1 aromatic carbocycles. The van der Waals surface area contributed by atoms with Gasteiger partial charge in [-0.2, -0.15) is 26.3 Å². The number of halogens is 7. The van der Waals surface area contributed by atoms with Gasteiger partial charge in [0.15, 0.2) is 0 Å². The number of carbonyl (C=O) groups is 2. The van der Waals surface area contributed by atoms with E-state index in [0.29, 0.717) is 29.9 Å². The number of carbonyl (C=O) groups excluding carboxylic acids is 2. The fourth-order valence-corrected chi connectivity index (χ4v) is 2.99. The van der Waals surface area contributed by atoms with Crippen molar-refractivity contribution in [3.05, 3.63) is 59.1 Å². The molecule has 1 aliphatic carbocycles. The molecule has 0 spiro atoms. The molecular formula is C24H30F7NO2. The van der Waals surface area contributed by atoms with E-state index in [4.69, 9.17) is 9.59 Å². The van der Waals surface area contributed by atoms with E-state index in [1.807, 2.05) is 13.6 Å². The van der Waals surface area contributed by atoms with Crippen molar-refractivity contribution < 1.29 is 40.3 Å². The van der Waals surface area contributed by atoms with Crippen molar-refractivity contribution >= 4 is 19.8 Å². The smallest absolute Gasteiger partial charge is 0.307 e. The number of hydrogen-bond donors (Lipinski definition) is 0. The van der Waals surface area contributed by atoms with Gasteiger partial charge in [-0.25, -0.2) is 4.39 Å². The molecule has 10 heteroatoms. The van der Waals surface area contributed by atoms with Crippen molar-refractivity contribution in [3.8, 4) is 0 Å². The van der Waals surface area contributed by atoms with Crippen LogP contribution < -0.4 is 0 Å². The average Bonchev–Trinajstić information content (AvgIpc) is 2.72. The second-order valence-corrected chi connectivity index (χ2v) is 7.63. The van der Waals surface area contributed by atoms with E-state index in [1.54, 1.807) is 13.8 Å². The molecule has 0 N–H and O–H groups in total. The molecule has 0 bridgehead atoms. The normalized spacial score (nSPS) is 17.0. The maximum Gasteiger partial charge on any atom is 0.432 e. The van der Waals surface area contributed by atoms with Crippen molar-refractivity contribution in [2.45, 2.75) is 58.8 Å². The third kappa shape index (κ3) is 13.7. The van der Waals surface area contributed by atoms with E-state index in [9.17, 15) is 30.7 Å². The van der Waals surface area contributed by atoms with Crippen LogP contribution in [0.5, 0.6) is 0 Å². The molecule has 0 amide bonds. The molecule has 1 aromatic rings. The van der Waals surface area contributed by atoms with E-state index in [2.05, 4.69) is 18.5 Å². The molecule has 3 nitrogen and oxygen atoms in total. The van der Waals surface area contributed by atoms with Crippen LogP contribution in [0.1, 0.15) is 51.2 Å². The molecule has 0 saturated heterocycles. The van der Waals surface area contributed by atoms with Gasteiger partial charge in [-0.05, 0) is 74.8 Å². The number of aliphatic imine (C=N–C) groups is 1. The molecule has 1 fully saturated rings. The van der Waals surface area contributed by atoms with Crippen LogP contribution in [-0.2, 0) is 22.2 Å². The van der Waals surface area contributed by atoms with Crippen LogP contribution in [0.25, 0.3) is 0 Å². The van der Waals surface area contributed by atoms with E-state index in [1.165, 1.54) is 12.1 Å². The fraction of sp³-hybridized carbons (Fsp3) is 0.458. The predicted molar refractivity (Wildman–Crippen MR) is 119 cm³/mol. The SMILES string of the molecule is C=C(N=CC=C(C)C)C(F)(F)F.C=O.C=O.CCC1CC(Cc2cc(F)cc(C(F)(F)F)c2)C1. The molecule has 0 heterocycles. The molecule has 1 aliphatic rings. The summed E-state index contributed by atoms with van der Waals surface area (Å²) in [6.45, 7) is 12.4. The Morgan fingerprint density at radius 1 is 1.00 bits per heavy atom. The lowest BCUT2D eigenvalue weighted by molar-refractivity contribution is -0.137. The highest BCUT2D eigenvalue weighted by Crippen LogP contribution is 2.39. The van der Waals surface area contributed by atoms with E-state index < -0.39 is 29.4 Å². The zero-order valence-corrected chi connectivity index (χ0v) is 19.4. The Hall–Kier alpha value is -2.78. The van der Waals surface area contributed by atoms with Crippen LogP contribution in [0.15, 0.2) is 47.1 Å². The largest absolute Gasteiger partial charge is 0.432 e. The first kappa shape index (κ1) is 33.4. The molecule has 0 aromatic heterocycles. The van der Waals surface area contributed by atoms with Crippen molar-refractivity contribution in [2.24, 2.45) is 16.8 Å². The first-order chi connectivity index (χ1) is 15.7. The lowest BCUT2D eigenvalue weighted by atomic mass is 9.71. The topological polar surface area (TPSA) is 46.5 Å². The molecule has 0 unspecified atom stereocenters. The standard InChI is InChI=1S/C14H16F4.C8H10F3N.2CH2O/c1-2-9-3-10(4-9)5-11-6-12(14(16,17)18)8-13(15)7-11;1-6(2)4-5-12-7(3)8(9,10)11;2*1-2/h6-10H,2-5H2,1H3;4-5H,3H2,1-2H3;2*1H2. The number of allylic oxidation sites excluding steroid dienone is 3. The van der Waals surface area contributed by atoms with Gasteiger partial charge in [-0.1, -0.05) is 25.5 Å². The number of benzene rings is 1. The Kier molecular flexibility index (Phi) is 15.7. The molecule has 0 aliphatic heterocycles. The van der Waals surface area contributed by atoms with Gasteiger partial charge >= 0.3 is 12.4 Å².